The average Bonchev–Trinajstić information content (AvgIpc) is 2.36. The van der Waals surface area contributed by atoms with Gasteiger partial charge in [-0.15, -0.1) is 0 Å². The molecule has 7 heteroatoms. The van der Waals surface area contributed by atoms with Crippen LogP contribution in [0.4, 0.5) is 13.2 Å². The molecule has 0 amide bonds. The zero-order valence-electron chi connectivity index (χ0n) is 11.3. The van der Waals surface area contributed by atoms with Crippen molar-refractivity contribution in [3.05, 3.63) is 41.3 Å². The van der Waals surface area contributed by atoms with Gasteiger partial charge >= 0.3 is 6.18 Å². The predicted molar refractivity (Wildman–Crippen MR) is 73.2 cm³/mol. The maximum absolute atomic E-state index is 12.8. The molecular weight excluding hydrogens is 305 g/mol. The van der Waals surface area contributed by atoms with Gasteiger partial charge in [0, 0.05) is 11.8 Å². The fraction of sp³-hybridized carbons (Fsp3) is 0.286. The van der Waals surface area contributed by atoms with Crippen molar-refractivity contribution in [3.63, 3.8) is 0 Å². The Morgan fingerprint density at radius 1 is 1.14 bits per heavy atom. The highest BCUT2D eigenvalue weighted by atomic mass is 35.5. The van der Waals surface area contributed by atoms with Gasteiger partial charge in [-0.25, -0.2) is 4.98 Å². The summed E-state index contributed by atoms with van der Waals surface area (Å²) in [4.78, 5) is 7.85. The Kier molecular flexibility index (Phi) is 4.37. The lowest BCUT2D eigenvalue weighted by Gasteiger charge is -2.12. The summed E-state index contributed by atoms with van der Waals surface area (Å²) in [6, 6.07) is 3.29. The second-order valence-corrected chi connectivity index (χ2v) is 5.02. The van der Waals surface area contributed by atoms with Crippen LogP contribution in [0.2, 0.25) is 5.15 Å². The van der Waals surface area contributed by atoms with Gasteiger partial charge in [-0.2, -0.15) is 13.2 Å². The third-order valence-electron chi connectivity index (χ3n) is 2.50. The first kappa shape index (κ1) is 15.6. The van der Waals surface area contributed by atoms with Crippen LogP contribution in [0.25, 0.3) is 11.3 Å². The van der Waals surface area contributed by atoms with Gasteiger partial charge in [-0.1, -0.05) is 11.6 Å². The second kappa shape index (κ2) is 5.89. The molecule has 0 spiro atoms. The largest absolute Gasteiger partial charge is 0.489 e. The summed E-state index contributed by atoms with van der Waals surface area (Å²) in [6.45, 7) is 3.68. The van der Waals surface area contributed by atoms with Gasteiger partial charge in [0.2, 0.25) is 0 Å². The van der Waals surface area contributed by atoms with Crippen LogP contribution in [-0.2, 0) is 6.18 Å². The fourth-order valence-electron chi connectivity index (χ4n) is 1.70. The van der Waals surface area contributed by atoms with Crippen molar-refractivity contribution < 1.29 is 17.9 Å². The molecule has 0 N–H and O–H groups in total. The van der Waals surface area contributed by atoms with E-state index < -0.39 is 11.7 Å². The molecule has 0 fully saturated rings. The van der Waals surface area contributed by atoms with Crippen molar-refractivity contribution in [3.8, 4) is 17.0 Å². The van der Waals surface area contributed by atoms with Gasteiger partial charge in [0.15, 0.2) is 0 Å². The molecule has 0 bridgehead atoms. The number of alkyl halides is 3. The van der Waals surface area contributed by atoms with Crippen molar-refractivity contribution in [1.82, 2.24) is 9.97 Å². The van der Waals surface area contributed by atoms with Gasteiger partial charge in [0.05, 0.1) is 23.6 Å². The van der Waals surface area contributed by atoms with Crippen LogP contribution in [0, 0.1) is 0 Å². The number of halogens is 4. The van der Waals surface area contributed by atoms with E-state index >= 15 is 0 Å². The van der Waals surface area contributed by atoms with Crippen LogP contribution in [-0.4, -0.2) is 16.1 Å². The summed E-state index contributed by atoms with van der Waals surface area (Å²) >= 11 is 5.67. The third-order valence-corrected chi connectivity index (χ3v) is 2.70. The zero-order chi connectivity index (χ0) is 15.6. The number of nitrogens with zero attached hydrogens (tertiary/aromatic N) is 2. The standard InChI is InChI=1S/C14H12ClF3N2O/c1-8(2)21-11-3-9(6-19-7-11)12-4-10(14(16,17)18)5-13(15)20-12/h3-8H,1-2H3. The molecule has 3 nitrogen and oxygen atoms in total. The van der Waals surface area contributed by atoms with E-state index in [9.17, 15) is 13.2 Å². The number of rotatable bonds is 3. The van der Waals surface area contributed by atoms with E-state index in [4.69, 9.17) is 16.3 Å². The van der Waals surface area contributed by atoms with Crippen molar-refractivity contribution in [1.29, 1.82) is 0 Å². The smallest absolute Gasteiger partial charge is 0.416 e. The lowest BCUT2D eigenvalue weighted by Crippen LogP contribution is -2.07. The molecule has 2 heterocycles. The molecule has 0 saturated carbocycles. The summed E-state index contributed by atoms with van der Waals surface area (Å²) in [7, 11) is 0. The molecule has 2 aromatic rings. The molecule has 21 heavy (non-hydrogen) atoms. The van der Waals surface area contributed by atoms with Gasteiger partial charge < -0.3 is 4.74 Å². The Morgan fingerprint density at radius 2 is 1.86 bits per heavy atom. The first-order valence-corrected chi connectivity index (χ1v) is 6.50. The number of hydrogen-bond acceptors (Lipinski definition) is 3. The minimum atomic E-state index is -4.49. The quantitative estimate of drug-likeness (QED) is 0.776. The van der Waals surface area contributed by atoms with Gasteiger partial charge in [0.25, 0.3) is 0 Å². The highest BCUT2D eigenvalue weighted by Crippen LogP contribution is 2.33. The Labute approximate surface area is 124 Å². The SMILES string of the molecule is CC(C)Oc1cncc(-c2cc(C(F)(F)F)cc(Cl)n2)c1. The van der Waals surface area contributed by atoms with E-state index in [-0.39, 0.29) is 17.0 Å². The van der Waals surface area contributed by atoms with Crippen molar-refractivity contribution in [2.75, 3.05) is 0 Å². The molecule has 0 aliphatic heterocycles. The normalized spacial score (nSPS) is 11.8. The summed E-state index contributed by atoms with van der Waals surface area (Å²) in [5, 5.41) is -0.227. The van der Waals surface area contributed by atoms with E-state index in [1.54, 1.807) is 6.07 Å². The van der Waals surface area contributed by atoms with Gasteiger partial charge in [0.1, 0.15) is 10.9 Å². The van der Waals surface area contributed by atoms with Crippen LogP contribution >= 0.6 is 11.6 Å². The van der Waals surface area contributed by atoms with Gasteiger partial charge in [-0.3, -0.25) is 4.98 Å². The first-order chi connectivity index (χ1) is 9.75. The minimum absolute atomic E-state index is 0.0693. The molecule has 0 atom stereocenters. The summed E-state index contributed by atoms with van der Waals surface area (Å²) < 4.78 is 43.8. The minimum Gasteiger partial charge on any atom is -0.489 e. The van der Waals surface area contributed by atoms with E-state index in [1.807, 2.05) is 13.8 Å². The average molecular weight is 317 g/mol. The molecule has 0 unspecified atom stereocenters. The van der Waals surface area contributed by atoms with Crippen molar-refractivity contribution >= 4 is 11.6 Å². The van der Waals surface area contributed by atoms with Crippen LogP contribution in [0.3, 0.4) is 0 Å². The Morgan fingerprint density at radius 3 is 2.48 bits per heavy atom. The molecule has 2 aromatic heterocycles. The lowest BCUT2D eigenvalue weighted by atomic mass is 10.1. The van der Waals surface area contributed by atoms with E-state index in [1.165, 1.54) is 12.4 Å². The van der Waals surface area contributed by atoms with Gasteiger partial charge in [-0.05, 0) is 32.0 Å². The maximum Gasteiger partial charge on any atom is 0.416 e. The first-order valence-electron chi connectivity index (χ1n) is 6.12. The summed E-state index contributed by atoms with van der Waals surface area (Å²) in [5.74, 6) is 0.456. The highest BCUT2D eigenvalue weighted by molar-refractivity contribution is 6.29. The molecule has 0 aromatic carbocycles. The van der Waals surface area contributed by atoms with E-state index in [0.717, 1.165) is 12.1 Å². The number of hydrogen-bond donors (Lipinski definition) is 0. The van der Waals surface area contributed by atoms with Crippen molar-refractivity contribution in [2.45, 2.75) is 26.1 Å². The number of ether oxygens (including phenoxy) is 1. The Bertz CT molecular complexity index is 644. The predicted octanol–water partition coefficient (Wildman–Crippen LogP) is 4.60. The summed E-state index contributed by atoms with van der Waals surface area (Å²) in [5.41, 5.74) is -0.356. The topological polar surface area (TPSA) is 35.0 Å². The molecule has 0 saturated heterocycles. The number of aromatic nitrogens is 2. The van der Waals surface area contributed by atoms with E-state index in [2.05, 4.69) is 9.97 Å². The Balaban J connectivity index is 2.44. The van der Waals surface area contributed by atoms with Crippen molar-refractivity contribution in [2.24, 2.45) is 0 Å². The molecule has 0 radical (unpaired) electrons. The zero-order valence-corrected chi connectivity index (χ0v) is 12.0. The van der Waals surface area contributed by atoms with E-state index in [0.29, 0.717) is 11.3 Å². The maximum atomic E-state index is 12.8. The third kappa shape index (κ3) is 4.07. The van der Waals surface area contributed by atoms with Crippen LogP contribution in [0.1, 0.15) is 19.4 Å². The monoisotopic (exact) mass is 316 g/mol. The summed E-state index contributed by atoms with van der Waals surface area (Å²) in [6.07, 6.45) is -1.66. The van der Waals surface area contributed by atoms with Crippen LogP contribution < -0.4 is 4.74 Å². The molecule has 2 rings (SSSR count). The fourth-order valence-corrected chi connectivity index (χ4v) is 1.91. The number of pyridine rings is 2. The lowest BCUT2D eigenvalue weighted by molar-refractivity contribution is -0.137. The molecule has 0 aliphatic carbocycles. The van der Waals surface area contributed by atoms with Crippen LogP contribution in [0.5, 0.6) is 5.75 Å². The molecular formula is C14H12ClF3N2O. The second-order valence-electron chi connectivity index (χ2n) is 4.64. The molecule has 112 valence electrons. The Hall–Kier alpha value is -1.82. The molecule has 0 aliphatic rings. The highest BCUT2D eigenvalue weighted by Gasteiger charge is 2.31. The van der Waals surface area contributed by atoms with Crippen LogP contribution in [0.15, 0.2) is 30.6 Å².